The summed E-state index contributed by atoms with van der Waals surface area (Å²) >= 11 is 0. The van der Waals surface area contributed by atoms with E-state index < -0.39 is 17.7 Å². The van der Waals surface area contributed by atoms with E-state index in [0.717, 1.165) is 5.56 Å². The number of carbonyl (C=O) groups is 2. The maximum absolute atomic E-state index is 13.2. The van der Waals surface area contributed by atoms with Crippen molar-refractivity contribution in [3.8, 4) is 0 Å². The molecule has 1 N–H and O–H groups in total. The van der Waals surface area contributed by atoms with Gasteiger partial charge in [-0.3, -0.25) is 9.59 Å². The summed E-state index contributed by atoms with van der Waals surface area (Å²) in [5, 5.41) is 9.00. The number of benzene rings is 1. The summed E-state index contributed by atoms with van der Waals surface area (Å²) in [6, 6.07) is 4.18. The molecule has 18 heavy (non-hydrogen) atoms. The minimum Gasteiger partial charge on any atom is -0.481 e. The van der Waals surface area contributed by atoms with Crippen LogP contribution in [0.25, 0.3) is 0 Å². The van der Waals surface area contributed by atoms with Gasteiger partial charge in [0.25, 0.3) is 0 Å². The van der Waals surface area contributed by atoms with Gasteiger partial charge in [-0.05, 0) is 31.0 Å². The van der Waals surface area contributed by atoms with E-state index in [9.17, 15) is 14.0 Å². The molecule has 0 bridgehead atoms. The fraction of sp³-hybridized carbons (Fsp3) is 0.385. The Hall–Kier alpha value is -1.91. The molecule has 0 aromatic heterocycles. The molecule has 1 aliphatic rings. The van der Waals surface area contributed by atoms with E-state index in [1.807, 2.05) is 0 Å². The van der Waals surface area contributed by atoms with Gasteiger partial charge in [0.1, 0.15) is 5.82 Å². The summed E-state index contributed by atoms with van der Waals surface area (Å²) in [4.78, 5) is 24.2. The van der Waals surface area contributed by atoms with Crippen LogP contribution in [0.3, 0.4) is 0 Å². The lowest BCUT2D eigenvalue weighted by Gasteiger charge is -2.31. The molecular weight excluding hydrogens is 237 g/mol. The van der Waals surface area contributed by atoms with E-state index in [-0.39, 0.29) is 18.9 Å². The fourth-order valence-electron chi connectivity index (χ4n) is 2.15. The minimum atomic E-state index is -0.915. The lowest BCUT2D eigenvalue weighted by atomic mass is 9.96. The molecule has 1 unspecified atom stereocenters. The fourth-order valence-corrected chi connectivity index (χ4v) is 2.15. The SMILES string of the molecule is Cc1ccc(F)cc1N1CC(C(=O)O)CCC1=O. The number of carboxylic acid groups (broad SMARTS) is 1. The second kappa shape index (κ2) is 4.76. The number of carboxylic acids is 1. The average molecular weight is 251 g/mol. The molecule has 0 saturated carbocycles. The number of hydrogen-bond donors (Lipinski definition) is 1. The molecule has 0 spiro atoms. The quantitative estimate of drug-likeness (QED) is 0.874. The van der Waals surface area contributed by atoms with E-state index in [0.29, 0.717) is 12.1 Å². The highest BCUT2D eigenvalue weighted by molar-refractivity contribution is 5.96. The Labute approximate surface area is 104 Å². The van der Waals surface area contributed by atoms with Crippen LogP contribution in [-0.4, -0.2) is 23.5 Å². The Balaban J connectivity index is 2.32. The van der Waals surface area contributed by atoms with Crippen molar-refractivity contribution in [2.24, 2.45) is 5.92 Å². The van der Waals surface area contributed by atoms with Gasteiger partial charge in [0.15, 0.2) is 0 Å². The van der Waals surface area contributed by atoms with E-state index >= 15 is 0 Å². The molecule has 2 rings (SSSR count). The predicted molar refractivity (Wildman–Crippen MR) is 63.8 cm³/mol. The number of amides is 1. The predicted octanol–water partition coefficient (Wildman–Crippen LogP) is 1.96. The van der Waals surface area contributed by atoms with E-state index in [4.69, 9.17) is 5.11 Å². The van der Waals surface area contributed by atoms with Crippen molar-refractivity contribution in [3.63, 3.8) is 0 Å². The summed E-state index contributed by atoms with van der Waals surface area (Å²) in [5.74, 6) is -2.08. The van der Waals surface area contributed by atoms with Gasteiger partial charge in [0, 0.05) is 18.7 Å². The van der Waals surface area contributed by atoms with E-state index in [1.165, 1.54) is 17.0 Å². The number of hydrogen-bond acceptors (Lipinski definition) is 2. The molecule has 1 aromatic rings. The molecule has 96 valence electrons. The zero-order chi connectivity index (χ0) is 13.3. The molecule has 1 heterocycles. The van der Waals surface area contributed by atoms with Crippen LogP contribution in [0.4, 0.5) is 10.1 Å². The zero-order valence-corrected chi connectivity index (χ0v) is 10.0. The molecule has 0 radical (unpaired) electrons. The van der Waals surface area contributed by atoms with Gasteiger partial charge >= 0.3 is 5.97 Å². The van der Waals surface area contributed by atoms with Gasteiger partial charge in [-0.25, -0.2) is 4.39 Å². The van der Waals surface area contributed by atoms with Crippen LogP contribution in [0.1, 0.15) is 18.4 Å². The monoisotopic (exact) mass is 251 g/mol. The van der Waals surface area contributed by atoms with Crippen molar-refractivity contribution in [1.82, 2.24) is 0 Å². The van der Waals surface area contributed by atoms with Crippen molar-refractivity contribution in [1.29, 1.82) is 0 Å². The Kier molecular flexibility index (Phi) is 3.32. The van der Waals surface area contributed by atoms with Gasteiger partial charge in [0.2, 0.25) is 5.91 Å². The first kappa shape index (κ1) is 12.5. The second-order valence-corrected chi connectivity index (χ2v) is 4.51. The lowest BCUT2D eigenvalue weighted by molar-refractivity contribution is -0.142. The number of halogens is 1. The molecule has 1 atom stereocenters. The van der Waals surface area contributed by atoms with E-state index in [1.54, 1.807) is 13.0 Å². The van der Waals surface area contributed by atoms with Crippen molar-refractivity contribution < 1.29 is 19.1 Å². The first-order valence-corrected chi connectivity index (χ1v) is 5.78. The number of piperidine rings is 1. The largest absolute Gasteiger partial charge is 0.481 e. The highest BCUT2D eigenvalue weighted by Crippen LogP contribution is 2.27. The standard InChI is InChI=1S/C13H14FNO3/c1-8-2-4-10(14)6-11(8)15-7-9(13(17)18)3-5-12(15)16/h2,4,6,9H,3,5,7H2,1H3,(H,17,18). The van der Waals surface area contributed by atoms with Crippen LogP contribution in [0, 0.1) is 18.7 Å². The molecule has 0 aliphatic carbocycles. The number of nitrogens with zero attached hydrogens (tertiary/aromatic N) is 1. The highest BCUT2D eigenvalue weighted by atomic mass is 19.1. The number of aryl methyl sites for hydroxylation is 1. The van der Waals surface area contributed by atoms with Crippen molar-refractivity contribution in [2.45, 2.75) is 19.8 Å². The first-order chi connectivity index (χ1) is 8.49. The lowest BCUT2D eigenvalue weighted by Crippen LogP contribution is -2.43. The van der Waals surface area contributed by atoms with Crippen LogP contribution >= 0.6 is 0 Å². The van der Waals surface area contributed by atoms with Gasteiger partial charge in [-0.1, -0.05) is 6.07 Å². The smallest absolute Gasteiger partial charge is 0.308 e. The Morgan fingerprint density at radius 3 is 2.89 bits per heavy atom. The van der Waals surface area contributed by atoms with Gasteiger partial charge < -0.3 is 10.0 Å². The Morgan fingerprint density at radius 2 is 2.22 bits per heavy atom. The molecule has 1 fully saturated rings. The number of carbonyl (C=O) groups excluding carboxylic acids is 1. The molecular formula is C13H14FNO3. The minimum absolute atomic E-state index is 0.110. The Bertz CT molecular complexity index is 501. The topological polar surface area (TPSA) is 57.6 Å². The van der Waals surface area contributed by atoms with E-state index in [2.05, 4.69) is 0 Å². The van der Waals surface area contributed by atoms with Crippen molar-refractivity contribution in [2.75, 3.05) is 11.4 Å². The van der Waals surface area contributed by atoms with Crippen LogP contribution in [0.2, 0.25) is 0 Å². The molecule has 1 saturated heterocycles. The third-order valence-electron chi connectivity index (χ3n) is 3.22. The Morgan fingerprint density at radius 1 is 1.50 bits per heavy atom. The summed E-state index contributed by atoms with van der Waals surface area (Å²) < 4.78 is 13.2. The average Bonchev–Trinajstić information content (AvgIpc) is 2.33. The van der Waals surface area contributed by atoms with Gasteiger partial charge in [-0.2, -0.15) is 0 Å². The number of rotatable bonds is 2. The third-order valence-corrected chi connectivity index (χ3v) is 3.22. The zero-order valence-electron chi connectivity index (χ0n) is 10.0. The molecule has 1 aromatic carbocycles. The maximum Gasteiger partial charge on any atom is 0.308 e. The number of anilines is 1. The van der Waals surface area contributed by atoms with Crippen LogP contribution in [-0.2, 0) is 9.59 Å². The summed E-state index contributed by atoms with van der Waals surface area (Å²) in [6.07, 6.45) is 0.534. The maximum atomic E-state index is 13.2. The summed E-state index contributed by atoms with van der Waals surface area (Å²) in [7, 11) is 0. The molecule has 1 amide bonds. The highest BCUT2D eigenvalue weighted by Gasteiger charge is 2.31. The molecule has 1 aliphatic heterocycles. The molecule has 5 heteroatoms. The summed E-state index contributed by atoms with van der Waals surface area (Å²) in [5.41, 5.74) is 1.22. The first-order valence-electron chi connectivity index (χ1n) is 5.78. The van der Waals surface area contributed by atoms with Gasteiger partial charge in [0.05, 0.1) is 5.92 Å². The van der Waals surface area contributed by atoms with Crippen LogP contribution in [0.15, 0.2) is 18.2 Å². The number of aliphatic carboxylic acids is 1. The van der Waals surface area contributed by atoms with Crippen molar-refractivity contribution in [3.05, 3.63) is 29.6 Å². The van der Waals surface area contributed by atoms with Crippen LogP contribution in [0.5, 0.6) is 0 Å². The van der Waals surface area contributed by atoms with Crippen LogP contribution < -0.4 is 4.90 Å². The summed E-state index contributed by atoms with van der Waals surface area (Å²) in [6.45, 7) is 1.88. The molecule has 4 nitrogen and oxygen atoms in total. The van der Waals surface area contributed by atoms with Gasteiger partial charge in [-0.15, -0.1) is 0 Å². The second-order valence-electron chi connectivity index (χ2n) is 4.51. The third kappa shape index (κ3) is 2.34. The normalized spacial score (nSPS) is 20.0. The van der Waals surface area contributed by atoms with Crippen molar-refractivity contribution >= 4 is 17.6 Å².